The molecule has 0 atom stereocenters. The van der Waals surface area contributed by atoms with Crippen molar-refractivity contribution in [3.8, 4) is 10.4 Å². The first-order valence-electron chi connectivity index (χ1n) is 5.63. The van der Waals surface area contributed by atoms with Gasteiger partial charge in [-0.3, -0.25) is 0 Å². The maximum absolute atomic E-state index is 11.9. The minimum absolute atomic E-state index is 0.286. The van der Waals surface area contributed by atoms with Crippen molar-refractivity contribution in [2.75, 3.05) is 6.61 Å². The Bertz CT molecular complexity index is 625. The number of benzene rings is 1. The van der Waals surface area contributed by atoms with Gasteiger partial charge in [0.1, 0.15) is 0 Å². The number of hydrogen-bond acceptors (Lipinski definition) is 4. The number of halogens is 2. The largest absolute Gasteiger partial charge is 0.461 e. The second-order valence-electron chi connectivity index (χ2n) is 3.73. The quantitative estimate of drug-likeness (QED) is 0.777. The molecule has 0 spiro atoms. The van der Waals surface area contributed by atoms with E-state index < -0.39 is 5.97 Å². The molecule has 6 heteroatoms. The molecule has 0 bridgehead atoms. The van der Waals surface area contributed by atoms with Crippen LogP contribution in [0.3, 0.4) is 0 Å². The highest BCUT2D eigenvalue weighted by molar-refractivity contribution is 7.15. The normalized spacial score (nSPS) is 10.5. The molecule has 0 amide bonds. The molecule has 1 heterocycles. The van der Waals surface area contributed by atoms with Crippen molar-refractivity contribution in [2.24, 2.45) is 0 Å². The van der Waals surface area contributed by atoms with E-state index in [-0.39, 0.29) is 5.69 Å². The third-order valence-electron chi connectivity index (χ3n) is 2.40. The molecular weight excluding hydrogens is 305 g/mol. The van der Waals surface area contributed by atoms with Gasteiger partial charge < -0.3 is 4.74 Å². The summed E-state index contributed by atoms with van der Waals surface area (Å²) in [4.78, 5) is 16.8. The molecule has 0 aliphatic heterocycles. The Kier molecular flexibility index (Phi) is 4.45. The third kappa shape index (κ3) is 2.91. The maximum Gasteiger partial charge on any atom is 0.358 e. The summed E-state index contributed by atoms with van der Waals surface area (Å²) in [6.45, 7) is 3.89. The molecule has 19 heavy (non-hydrogen) atoms. The van der Waals surface area contributed by atoms with Gasteiger partial charge in [-0.2, -0.15) is 0 Å². The molecule has 1 aromatic heterocycles. The van der Waals surface area contributed by atoms with Gasteiger partial charge in [-0.05, 0) is 19.9 Å². The van der Waals surface area contributed by atoms with Crippen LogP contribution in [0.15, 0.2) is 18.2 Å². The zero-order valence-corrected chi connectivity index (χ0v) is 12.7. The van der Waals surface area contributed by atoms with E-state index in [1.165, 1.54) is 11.3 Å². The first-order valence-corrected chi connectivity index (χ1v) is 7.20. The van der Waals surface area contributed by atoms with Crippen LogP contribution in [0.1, 0.15) is 22.4 Å². The van der Waals surface area contributed by atoms with E-state index >= 15 is 0 Å². The predicted octanol–water partition coefficient (Wildman–Crippen LogP) is 4.60. The molecule has 3 nitrogen and oxygen atoms in total. The van der Waals surface area contributed by atoms with E-state index in [0.29, 0.717) is 27.1 Å². The first-order chi connectivity index (χ1) is 9.04. The molecule has 0 aliphatic rings. The second-order valence-corrected chi connectivity index (χ2v) is 5.72. The lowest BCUT2D eigenvalue weighted by molar-refractivity contribution is 0.0521. The Morgan fingerprint density at radius 3 is 2.84 bits per heavy atom. The van der Waals surface area contributed by atoms with Gasteiger partial charge in [0.15, 0.2) is 5.69 Å². The fraction of sp³-hybridized carbons (Fsp3) is 0.231. The average Bonchev–Trinajstić information content (AvgIpc) is 2.75. The summed E-state index contributed by atoms with van der Waals surface area (Å²) < 4.78 is 5.00. The maximum atomic E-state index is 11.9. The topological polar surface area (TPSA) is 39.2 Å². The number of carbonyl (C=O) groups is 1. The van der Waals surface area contributed by atoms with Crippen LogP contribution >= 0.6 is 34.5 Å². The molecule has 0 saturated carbocycles. The van der Waals surface area contributed by atoms with E-state index in [9.17, 15) is 4.79 Å². The van der Waals surface area contributed by atoms with Crippen LogP contribution in [0.4, 0.5) is 0 Å². The van der Waals surface area contributed by atoms with Crippen LogP contribution in [0.2, 0.25) is 10.0 Å². The number of esters is 1. The van der Waals surface area contributed by atoms with Gasteiger partial charge in [0, 0.05) is 5.56 Å². The Balaban J connectivity index is 2.56. The number of hydrogen-bond donors (Lipinski definition) is 0. The highest BCUT2D eigenvalue weighted by Crippen LogP contribution is 2.38. The Morgan fingerprint density at radius 2 is 2.16 bits per heavy atom. The monoisotopic (exact) mass is 315 g/mol. The Hall–Kier alpha value is -1.10. The van der Waals surface area contributed by atoms with E-state index in [1.807, 2.05) is 13.0 Å². The summed E-state index contributed by atoms with van der Waals surface area (Å²) in [5, 5.41) is 1.63. The summed E-state index contributed by atoms with van der Waals surface area (Å²) in [5.41, 5.74) is 0.983. The van der Waals surface area contributed by atoms with E-state index in [0.717, 1.165) is 5.01 Å². The predicted molar refractivity (Wildman–Crippen MR) is 78.3 cm³/mol. The van der Waals surface area contributed by atoms with Crippen molar-refractivity contribution in [1.29, 1.82) is 0 Å². The summed E-state index contributed by atoms with van der Waals surface area (Å²) in [6, 6.07) is 5.29. The zero-order chi connectivity index (χ0) is 14.0. The van der Waals surface area contributed by atoms with Gasteiger partial charge in [-0.15, -0.1) is 11.3 Å². The van der Waals surface area contributed by atoms with Crippen LogP contribution in [-0.2, 0) is 4.74 Å². The molecule has 1 aromatic carbocycles. The highest BCUT2D eigenvalue weighted by Gasteiger charge is 2.21. The summed E-state index contributed by atoms with van der Waals surface area (Å²) in [5.74, 6) is -0.446. The summed E-state index contributed by atoms with van der Waals surface area (Å²) in [7, 11) is 0. The van der Waals surface area contributed by atoms with Crippen molar-refractivity contribution < 1.29 is 9.53 Å². The van der Waals surface area contributed by atoms with Gasteiger partial charge in [0.2, 0.25) is 0 Å². The number of thiazole rings is 1. The fourth-order valence-electron chi connectivity index (χ4n) is 1.63. The number of rotatable bonds is 3. The van der Waals surface area contributed by atoms with Crippen molar-refractivity contribution in [1.82, 2.24) is 4.98 Å². The van der Waals surface area contributed by atoms with Gasteiger partial charge in [-0.25, -0.2) is 9.78 Å². The van der Waals surface area contributed by atoms with Gasteiger partial charge >= 0.3 is 5.97 Å². The average molecular weight is 316 g/mol. The van der Waals surface area contributed by atoms with E-state index in [1.54, 1.807) is 19.1 Å². The van der Waals surface area contributed by atoms with Crippen LogP contribution < -0.4 is 0 Å². The smallest absolute Gasteiger partial charge is 0.358 e. The number of ether oxygens (including phenoxy) is 1. The molecule has 0 aliphatic carbocycles. The van der Waals surface area contributed by atoms with Crippen molar-refractivity contribution >= 4 is 40.5 Å². The van der Waals surface area contributed by atoms with Crippen LogP contribution in [-0.4, -0.2) is 17.6 Å². The minimum Gasteiger partial charge on any atom is -0.461 e. The highest BCUT2D eigenvalue weighted by atomic mass is 35.5. The minimum atomic E-state index is -0.446. The van der Waals surface area contributed by atoms with Gasteiger partial charge in [-0.1, -0.05) is 35.3 Å². The second kappa shape index (κ2) is 5.90. The zero-order valence-electron chi connectivity index (χ0n) is 10.4. The van der Waals surface area contributed by atoms with Crippen molar-refractivity contribution in [3.05, 3.63) is 38.9 Å². The van der Waals surface area contributed by atoms with E-state index in [4.69, 9.17) is 27.9 Å². The summed E-state index contributed by atoms with van der Waals surface area (Å²) >= 11 is 13.6. The molecule has 2 rings (SSSR count). The lowest BCUT2D eigenvalue weighted by atomic mass is 10.1. The molecule has 0 radical (unpaired) electrons. The van der Waals surface area contributed by atoms with Crippen LogP contribution in [0.5, 0.6) is 0 Å². The number of nitrogens with zero attached hydrogens (tertiary/aromatic N) is 1. The lowest BCUT2D eigenvalue weighted by Gasteiger charge is -2.05. The lowest BCUT2D eigenvalue weighted by Crippen LogP contribution is -2.06. The first kappa shape index (κ1) is 14.3. The standard InChI is InChI=1S/C13H11Cl2NO2S/c1-3-18-13(17)11-12(19-7(2)16-11)8-5-4-6-9(14)10(8)15/h4-6H,3H2,1-2H3. The molecule has 100 valence electrons. The van der Waals surface area contributed by atoms with Crippen LogP contribution in [0.25, 0.3) is 10.4 Å². The van der Waals surface area contributed by atoms with E-state index in [2.05, 4.69) is 4.98 Å². The Morgan fingerprint density at radius 1 is 1.42 bits per heavy atom. The van der Waals surface area contributed by atoms with Gasteiger partial charge in [0.25, 0.3) is 0 Å². The molecule has 0 saturated heterocycles. The fourth-order valence-corrected chi connectivity index (χ4v) is 3.02. The van der Waals surface area contributed by atoms with Crippen molar-refractivity contribution in [2.45, 2.75) is 13.8 Å². The van der Waals surface area contributed by atoms with Crippen LogP contribution in [0, 0.1) is 6.92 Å². The van der Waals surface area contributed by atoms with Crippen molar-refractivity contribution in [3.63, 3.8) is 0 Å². The Labute approximate surface area is 125 Å². The number of aryl methyl sites for hydroxylation is 1. The third-order valence-corrected chi connectivity index (χ3v) is 4.22. The molecule has 0 fully saturated rings. The molecular formula is C13H11Cl2NO2S. The SMILES string of the molecule is CCOC(=O)c1nc(C)sc1-c1cccc(Cl)c1Cl. The molecule has 0 N–H and O–H groups in total. The molecule has 2 aromatic rings. The van der Waals surface area contributed by atoms with Gasteiger partial charge in [0.05, 0.1) is 26.5 Å². The number of carbonyl (C=O) groups excluding carboxylic acids is 1. The summed E-state index contributed by atoms with van der Waals surface area (Å²) in [6.07, 6.45) is 0. The number of aromatic nitrogens is 1. The molecule has 0 unspecified atom stereocenters.